The molecule has 30 heavy (non-hydrogen) atoms. The minimum absolute atomic E-state index is 0.144. The normalized spacial score (nSPS) is 12.9. The second-order valence-corrected chi connectivity index (χ2v) is 6.74. The Morgan fingerprint density at radius 2 is 2.10 bits per heavy atom. The summed E-state index contributed by atoms with van der Waals surface area (Å²) >= 11 is 0. The van der Waals surface area contributed by atoms with Crippen LogP contribution in [0.1, 0.15) is 31.1 Å². The van der Waals surface area contributed by atoms with E-state index in [1.165, 1.54) is 6.92 Å². The third-order valence-corrected chi connectivity index (χ3v) is 4.27. The third kappa shape index (κ3) is 3.68. The van der Waals surface area contributed by atoms with Crippen molar-refractivity contribution in [1.82, 2.24) is 24.5 Å². The van der Waals surface area contributed by atoms with E-state index in [0.29, 0.717) is 35.3 Å². The molecule has 4 aromatic rings. The van der Waals surface area contributed by atoms with Gasteiger partial charge in [0.15, 0.2) is 5.60 Å². The summed E-state index contributed by atoms with van der Waals surface area (Å²) < 4.78 is 12.8. The minimum Gasteiger partial charge on any atom is -0.465 e. The van der Waals surface area contributed by atoms with Crippen molar-refractivity contribution in [3.63, 3.8) is 0 Å². The summed E-state index contributed by atoms with van der Waals surface area (Å²) in [6.07, 6.45) is 3.11. The van der Waals surface area contributed by atoms with Gasteiger partial charge in [0.05, 0.1) is 23.8 Å². The van der Waals surface area contributed by atoms with E-state index >= 15 is 0 Å². The van der Waals surface area contributed by atoms with Crippen LogP contribution in [0.4, 0.5) is 5.95 Å². The number of nitrogens with two attached hydrogens (primary N) is 1. The van der Waals surface area contributed by atoms with Crippen LogP contribution in [0.5, 0.6) is 6.01 Å². The molecule has 0 aliphatic carbocycles. The second-order valence-electron chi connectivity index (χ2n) is 6.74. The molecule has 0 unspecified atom stereocenters. The quantitative estimate of drug-likeness (QED) is 0.497. The number of aromatic nitrogens is 5. The first-order chi connectivity index (χ1) is 14.4. The van der Waals surface area contributed by atoms with E-state index in [4.69, 9.17) is 14.9 Å². The summed E-state index contributed by atoms with van der Waals surface area (Å²) in [4.78, 5) is 16.8. The van der Waals surface area contributed by atoms with Crippen LogP contribution in [-0.4, -0.2) is 36.2 Å². The Bertz CT molecular complexity index is 1280. The zero-order valence-electron chi connectivity index (χ0n) is 16.7. The lowest BCUT2D eigenvalue weighted by atomic mass is 10.1. The van der Waals surface area contributed by atoms with Gasteiger partial charge in [0, 0.05) is 17.8 Å². The summed E-state index contributed by atoms with van der Waals surface area (Å²) in [6, 6.07) is 7.58. The number of hydrogen-bond donors (Lipinski definition) is 2. The van der Waals surface area contributed by atoms with E-state index in [9.17, 15) is 5.11 Å². The van der Waals surface area contributed by atoms with Crippen molar-refractivity contribution in [3.8, 4) is 23.7 Å². The lowest BCUT2D eigenvalue weighted by Gasteiger charge is -2.11. The number of imidazole rings is 1. The first kappa shape index (κ1) is 19.4. The van der Waals surface area contributed by atoms with Gasteiger partial charge in [0.25, 0.3) is 0 Å². The van der Waals surface area contributed by atoms with Crippen molar-refractivity contribution in [2.24, 2.45) is 0 Å². The average Bonchev–Trinajstić information content (AvgIpc) is 3.30. The van der Waals surface area contributed by atoms with Crippen molar-refractivity contribution in [1.29, 1.82) is 0 Å². The fraction of sp³-hybridized carbons (Fsp3) is 0.238. The Morgan fingerprint density at radius 1 is 1.27 bits per heavy atom. The second kappa shape index (κ2) is 7.50. The van der Waals surface area contributed by atoms with E-state index in [1.54, 1.807) is 30.0 Å². The first-order valence-electron chi connectivity index (χ1n) is 9.30. The number of hydrogen-bond acceptors (Lipinski definition) is 8. The Balaban J connectivity index is 1.80. The van der Waals surface area contributed by atoms with Crippen LogP contribution in [0, 0.1) is 18.8 Å². The average molecular weight is 404 g/mol. The van der Waals surface area contributed by atoms with Gasteiger partial charge in [-0.15, -0.1) is 0 Å². The number of benzene rings is 1. The van der Waals surface area contributed by atoms with Gasteiger partial charge in [-0.25, -0.2) is 14.5 Å². The highest BCUT2D eigenvalue weighted by molar-refractivity contribution is 5.80. The fourth-order valence-electron chi connectivity index (χ4n) is 2.89. The van der Waals surface area contributed by atoms with Crippen LogP contribution in [0.15, 0.2) is 41.1 Å². The van der Waals surface area contributed by atoms with Crippen molar-refractivity contribution < 1.29 is 14.3 Å². The van der Waals surface area contributed by atoms with Crippen LogP contribution < -0.4 is 10.5 Å². The topological polar surface area (TPSA) is 125 Å². The summed E-state index contributed by atoms with van der Waals surface area (Å²) in [5, 5.41) is 10.6. The van der Waals surface area contributed by atoms with Gasteiger partial charge < -0.3 is 20.0 Å². The molecular formula is C21H20N6O3. The maximum absolute atomic E-state index is 10.6. The van der Waals surface area contributed by atoms with Crippen LogP contribution in [0.2, 0.25) is 0 Å². The van der Waals surface area contributed by atoms with Gasteiger partial charge in [-0.3, -0.25) is 0 Å². The highest BCUT2D eigenvalue weighted by atomic mass is 16.5. The van der Waals surface area contributed by atoms with Gasteiger partial charge in [-0.2, -0.15) is 9.97 Å². The Labute approximate surface area is 172 Å². The predicted octanol–water partition coefficient (Wildman–Crippen LogP) is 2.35. The number of anilines is 1. The van der Waals surface area contributed by atoms with Crippen molar-refractivity contribution >= 4 is 17.0 Å². The molecule has 0 aliphatic rings. The molecule has 4 rings (SSSR count). The van der Waals surface area contributed by atoms with Gasteiger partial charge in [0.1, 0.15) is 11.6 Å². The first-order valence-corrected chi connectivity index (χ1v) is 9.30. The van der Waals surface area contributed by atoms with Crippen LogP contribution in [0.3, 0.4) is 0 Å². The summed E-state index contributed by atoms with van der Waals surface area (Å²) in [5.41, 5.74) is 6.33. The molecule has 0 radical (unpaired) electrons. The Morgan fingerprint density at radius 3 is 2.80 bits per heavy atom. The molecule has 0 saturated carbocycles. The molecule has 152 valence electrons. The molecule has 3 N–H and O–H groups in total. The number of oxazole rings is 1. The molecule has 0 saturated heterocycles. The van der Waals surface area contributed by atoms with Crippen molar-refractivity contribution in [2.45, 2.75) is 26.4 Å². The molecule has 0 bridgehead atoms. The van der Waals surface area contributed by atoms with E-state index in [-0.39, 0.29) is 11.8 Å². The summed E-state index contributed by atoms with van der Waals surface area (Å²) in [7, 11) is 0. The van der Waals surface area contributed by atoms with E-state index in [0.717, 1.165) is 5.52 Å². The van der Waals surface area contributed by atoms with Gasteiger partial charge in [-0.05, 0) is 39.0 Å². The van der Waals surface area contributed by atoms with E-state index < -0.39 is 5.60 Å². The van der Waals surface area contributed by atoms with E-state index in [1.807, 2.05) is 25.1 Å². The number of fused-ring (bicyclic) bond motifs is 1. The zero-order chi connectivity index (χ0) is 21.3. The third-order valence-electron chi connectivity index (χ3n) is 4.27. The zero-order valence-corrected chi connectivity index (χ0v) is 16.7. The molecule has 3 heterocycles. The van der Waals surface area contributed by atoms with Crippen LogP contribution >= 0.6 is 0 Å². The number of aliphatic hydroxyl groups is 1. The molecular weight excluding hydrogens is 384 g/mol. The smallest absolute Gasteiger partial charge is 0.303 e. The molecule has 0 aliphatic heterocycles. The highest BCUT2D eigenvalue weighted by Crippen LogP contribution is 2.27. The van der Waals surface area contributed by atoms with E-state index in [2.05, 4.69) is 31.8 Å². The number of nitrogen functional groups attached to an aromatic ring is 1. The lowest BCUT2D eigenvalue weighted by molar-refractivity contribution is 0.0882. The fourth-order valence-corrected chi connectivity index (χ4v) is 2.89. The summed E-state index contributed by atoms with van der Waals surface area (Å²) in [5.74, 6) is 7.21. The highest BCUT2D eigenvalue weighted by Gasteiger charge is 2.26. The van der Waals surface area contributed by atoms with Gasteiger partial charge in [0.2, 0.25) is 11.8 Å². The van der Waals surface area contributed by atoms with Crippen LogP contribution in [0.25, 0.3) is 16.9 Å². The maximum Gasteiger partial charge on any atom is 0.303 e. The molecule has 9 nitrogen and oxygen atoms in total. The van der Waals surface area contributed by atoms with Crippen LogP contribution in [-0.2, 0) is 5.60 Å². The molecule has 0 fully saturated rings. The van der Waals surface area contributed by atoms with Gasteiger partial charge in [-0.1, -0.05) is 11.8 Å². The number of ether oxygens (including phenoxy) is 1. The monoisotopic (exact) mass is 404 g/mol. The maximum atomic E-state index is 10.6. The lowest BCUT2D eigenvalue weighted by Crippen LogP contribution is -2.18. The molecule has 3 aromatic heterocycles. The Hall–Kier alpha value is -3.90. The largest absolute Gasteiger partial charge is 0.465 e. The number of aryl methyl sites for hydroxylation is 1. The molecule has 0 spiro atoms. The number of nitrogens with zero attached hydrogens (tertiary/aromatic N) is 5. The predicted molar refractivity (Wildman–Crippen MR) is 110 cm³/mol. The Kier molecular flexibility index (Phi) is 4.85. The molecule has 0 amide bonds. The number of rotatable bonds is 4. The SMILES string of the molecule is CCOc1nc2ccc(C#C[C@](C)(O)c3ncc(C)o3)cc2n1-c1ccnc(N)n1. The molecule has 1 aromatic carbocycles. The molecule has 9 heteroatoms. The van der Waals surface area contributed by atoms with Crippen molar-refractivity contribution in [3.05, 3.63) is 53.9 Å². The standard InChI is InChI=1S/C21H20N6O3/c1-4-29-20-25-15-6-5-14(7-9-21(3,28)18-24-12-13(2)30-18)11-16(15)27(20)17-8-10-23-19(22)26-17/h5-6,8,10-12,28H,4H2,1-3H3,(H2,22,23,26)/t21-/m0/s1. The van der Waals surface area contributed by atoms with Gasteiger partial charge >= 0.3 is 6.01 Å². The minimum atomic E-state index is -1.53. The summed E-state index contributed by atoms with van der Waals surface area (Å²) in [6.45, 7) is 5.60. The molecule has 1 atom stereocenters. The van der Waals surface area contributed by atoms with Crippen molar-refractivity contribution in [2.75, 3.05) is 12.3 Å².